The van der Waals surface area contributed by atoms with Crippen molar-refractivity contribution in [2.75, 3.05) is 18.8 Å². The van der Waals surface area contributed by atoms with Gasteiger partial charge in [0.05, 0.1) is 10.6 Å². The molecule has 2 amide bonds. The zero-order chi connectivity index (χ0) is 16.2. The third-order valence-corrected chi connectivity index (χ3v) is 5.54. The summed E-state index contributed by atoms with van der Waals surface area (Å²) in [5.74, 6) is -0.418. The number of benzene rings is 1. The van der Waals surface area contributed by atoms with Crippen molar-refractivity contribution < 1.29 is 18.0 Å². The van der Waals surface area contributed by atoms with Crippen LogP contribution in [-0.4, -0.2) is 50.0 Å². The van der Waals surface area contributed by atoms with E-state index >= 15 is 0 Å². The molecule has 0 bridgehead atoms. The molecule has 1 N–H and O–H groups in total. The smallest absolute Gasteiger partial charge is 0.242 e. The predicted octanol–water partition coefficient (Wildman–Crippen LogP) is 0.587. The molecule has 1 atom stereocenters. The van der Waals surface area contributed by atoms with Crippen LogP contribution in [0.2, 0.25) is 0 Å². The van der Waals surface area contributed by atoms with Crippen LogP contribution in [0.3, 0.4) is 0 Å². The van der Waals surface area contributed by atoms with E-state index in [4.69, 9.17) is 0 Å². The molecule has 0 saturated carbocycles. The highest BCUT2D eigenvalue weighted by Crippen LogP contribution is 2.13. The summed E-state index contributed by atoms with van der Waals surface area (Å²) in [6.45, 7) is 2.58. The summed E-state index contributed by atoms with van der Waals surface area (Å²) < 4.78 is 24.2. The lowest BCUT2D eigenvalue weighted by molar-refractivity contribution is -0.142. The van der Waals surface area contributed by atoms with Crippen molar-refractivity contribution in [1.29, 1.82) is 0 Å². The van der Waals surface area contributed by atoms with E-state index < -0.39 is 15.9 Å². The molecule has 0 aliphatic carbocycles. The van der Waals surface area contributed by atoms with Crippen LogP contribution in [0.4, 0.5) is 0 Å². The van der Waals surface area contributed by atoms with E-state index in [1.165, 1.54) is 4.90 Å². The maximum Gasteiger partial charge on any atom is 0.242 e. The van der Waals surface area contributed by atoms with Crippen LogP contribution in [0.25, 0.3) is 0 Å². The van der Waals surface area contributed by atoms with Gasteiger partial charge in [-0.15, -0.1) is 0 Å². The van der Waals surface area contributed by atoms with E-state index in [0.717, 1.165) is 0 Å². The summed E-state index contributed by atoms with van der Waals surface area (Å²) in [6.07, 6.45) is 0.380. The normalized spacial score (nSPS) is 18.9. The maximum atomic E-state index is 12.1. The van der Waals surface area contributed by atoms with Gasteiger partial charge in [-0.25, -0.2) is 8.42 Å². The van der Waals surface area contributed by atoms with Crippen LogP contribution < -0.4 is 5.32 Å². The van der Waals surface area contributed by atoms with Gasteiger partial charge in [0.25, 0.3) is 0 Å². The Morgan fingerprint density at radius 3 is 2.68 bits per heavy atom. The Morgan fingerprint density at radius 1 is 1.32 bits per heavy atom. The summed E-state index contributed by atoms with van der Waals surface area (Å²) in [5.41, 5.74) is 0. The monoisotopic (exact) mass is 324 g/mol. The van der Waals surface area contributed by atoms with Crippen molar-refractivity contribution in [2.24, 2.45) is 0 Å². The Balaban J connectivity index is 1.88. The molecule has 6 nitrogen and oxygen atoms in total. The first kappa shape index (κ1) is 16.5. The average molecular weight is 324 g/mol. The third-order valence-electron chi connectivity index (χ3n) is 3.73. The van der Waals surface area contributed by atoms with Crippen molar-refractivity contribution in [3.63, 3.8) is 0 Å². The molecule has 1 aliphatic heterocycles. The van der Waals surface area contributed by atoms with Gasteiger partial charge in [0.1, 0.15) is 6.04 Å². The molecule has 2 rings (SSSR count). The number of hydrogen-bond acceptors (Lipinski definition) is 4. The summed E-state index contributed by atoms with van der Waals surface area (Å²) in [7, 11) is -3.36. The number of rotatable bonds is 5. The fourth-order valence-corrected chi connectivity index (χ4v) is 3.76. The van der Waals surface area contributed by atoms with E-state index in [2.05, 4.69) is 5.32 Å². The van der Waals surface area contributed by atoms with Gasteiger partial charge in [-0.2, -0.15) is 0 Å². The van der Waals surface area contributed by atoms with Gasteiger partial charge < -0.3 is 10.2 Å². The van der Waals surface area contributed by atoms with Gasteiger partial charge in [-0.1, -0.05) is 18.2 Å². The number of nitrogens with one attached hydrogen (secondary N) is 1. The summed E-state index contributed by atoms with van der Waals surface area (Å²) in [6, 6.07) is 7.71. The Morgan fingerprint density at radius 2 is 2.00 bits per heavy atom. The first-order valence-corrected chi connectivity index (χ1v) is 8.92. The SMILES string of the molecule is C[C@H]1C(=O)NCCN1C(=O)CCCS(=O)(=O)c1ccccc1. The number of carbonyl (C=O) groups is 2. The molecule has 1 fully saturated rings. The van der Waals surface area contributed by atoms with Crippen molar-refractivity contribution in [3.05, 3.63) is 30.3 Å². The van der Waals surface area contributed by atoms with Gasteiger partial charge >= 0.3 is 0 Å². The summed E-state index contributed by atoms with van der Waals surface area (Å²) in [4.78, 5) is 25.4. The highest BCUT2D eigenvalue weighted by atomic mass is 32.2. The Hall–Kier alpha value is -1.89. The first-order valence-electron chi connectivity index (χ1n) is 7.27. The zero-order valence-corrected chi connectivity index (χ0v) is 13.3. The van der Waals surface area contributed by atoms with Crippen LogP contribution in [0.1, 0.15) is 19.8 Å². The molecule has 0 spiro atoms. The highest BCUT2D eigenvalue weighted by Gasteiger charge is 2.29. The minimum atomic E-state index is -3.36. The van der Waals surface area contributed by atoms with Crippen LogP contribution >= 0.6 is 0 Å². The molecular weight excluding hydrogens is 304 g/mol. The van der Waals surface area contributed by atoms with E-state index in [0.29, 0.717) is 13.1 Å². The van der Waals surface area contributed by atoms with E-state index in [1.807, 2.05) is 0 Å². The van der Waals surface area contributed by atoms with Gasteiger partial charge in [0.15, 0.2) is 9.84 Å². The minimum absolute atomic E-state index is 0.0723. The molecule has 0 aromatic heterocycles. The molecule has 1 heterocycles. The van der Waals surface area contributed by atoms with E-state index in [-0.39, 0.29) is 35.3 Å². The maximum absolute atomic E-state index is 12.1. The molecule has 0 radical (unpaired) electrons. The molecule has 22 heavy (non-hydrogen) atoms. The number of piperazine rings is 1. The van der Waals surface area contributed by atoms with E-state index in [1.54, 1.807) is 37.3 Å². The highest BCUT2D eigenvalue weighted by molar-refractivity contribution is 7.91. The van der Waals surface area contributed by atoms with Crippen LogP contribution in [0.15, 0.2) is 35.2 Å². The number of hydrogen-bond donors (Lipinski definition) is 1. The number of amides is 2. The van der Waals surface area contributed by atoms with Crippen molar-refractivity contribution in [3.8, 4) is 0 Å². The third kappa shape index (κ3) is 3.85. The lowest BCUT2D eigenvalue weighted by atomic mass is 10.2. The number of nitrogens with zero attached hydrogens (tertiary/aromatic N) is 1. The van der Waals surface area contributed by atoms with Crippen LogP contribution in [0, 0.1) is 0 Å². The Kier molecular flexibility index (Phi) is 5.18. The van der Waals surface area contributed by atoms with Gasteiger partial charge in [0.2, 0.25) is 11.8 Å². The predicted molar refractivity (Wildman–Crippen MR) is 81.9 cm³/mol. The zero-order valence-electron chi connectivity index (χ0n) is 12.5. The standard InChI is InChI=1S/C15H20N2O4S/c1-12-15(19)16-9-10-17(12)14(18)8-5-11-22(20,21)13-6-3-2-4-7-13/h2-4,6-7,12H,5,8-11H2,1H3,(H,16,19)/t12-/m0/s1. The Bertz CT molecular complexity index is 643. The molecular formula is C15H20N2O4S. The summed E-state index contributed by atoms with van der Waals surface area (Å²) >= 11 is 0. The Labute approximate surface area is 130 Å². The number of carbonyl (C=O) groups excluding carboxylic acids is 2. The minimum Gasteiger partial charge on any atom is -0.353 e. The van der Waals surface area contributed by atoms with Crippen LogP contribution in [0.5, 0.6) is 0 Å². The summed E-state index contributed by atoms with van der Waals surface area (Å²) in [5, 5.41) is 2.69. The molecule has 7 heteroatoms. The largest absolute Gasteiger partial charge is 0.353 e. The quantitative estimate of drug-likeness (QED) is 0.859. The van der Waals surface area contributed by atoms with Crippen molar-refractivity contribution >= 4 is 21.7 Å². The molecule has 1 aromatic rings. The molecule has 120 valence electrons. The fourth-order valence-electron chi connectivity index (χ4n) is 2.43. The molecule has 1 aliphatic rings. The second-order valence-corrected chi connectivity index (χ2v) is 7.40. The van der Waals surface area contributed by atoms with Gasteiger partial charge in [-0.05, 0) is 25.5 Å². The van der Waals surface area contributed by atoms with Gasteiger partial charge in [0, 0.05) is 19.5 Å². The topological polar surface area (TPSA) is 83.6 Å². The molecule has 1 saturated heterocycles. The first-order chi connectivity index (χ1) is 10.4. The van der Waals surface area contributed by atoms with E-state index in [9.17, 15) is 18.0 Å². The molecule has 1 aromatic carbocycles. The lowest BCUT2D eigenvalue weighted by Gasteiger charge is -2.32. The van der Waals surface area contributed by atoms with Gasteiger partial charge in [-0.3, -0.25) is 9.59 Å². The fraction of sp³-hybridized carbons (Fsp3) is 0.467. The molecule has 0 unspecified atom stereocenters. The average Bonchev–Trinajstić information content (AvgIpc) is 2.50. The van der Waals surface area contributed by atoms with Crippen LogP contribution in [-0.2, 0) is 19.4 Å². The lowest BCUT2D eigenvalue weighted by Crippen LogP contribution is -2.55. The van der Waals surface area contributed by atoms with Crippen molar-refractivity contribution in [2.45, 2.75) is 30.7 Å². The number of sulfone groups is 1. The van der Waals surface area contributed by atoms with Crippen molar-refractivity contribution in [1.82, 2.24) is 10.2 Å². The second-order valence-electron chi connectivity index (χ2n) is 5.29. The second kappa shape index (κ2) is 6.91.